The normalized spacial score (nSPS) is 11.9. The Morgan fingerprint density at radius 3 is 1.23 bits per heavy atom. The van der Waals surface area contributed by atoms with E-state index >= 15 is 0 Å². The van der Waals surface area contributed by atoms with E-state index in [9.17, 15) is 0 Å². The number of nitrogens with zero attached hydrogens (tertiary/aromatic N) is 4. The minimum atomic E-state index is 0.747. The van der Waals surface area contributed by atoms with Crippen LogP contribution in [-0.2, 0) is 12.8 Å². The van der Waals surface area contributed by atoms with E-state index in [2.05, 4.69) is 100 Å². The largest absolute Gasteiger partial charge is 0.252 e. The Kier molecular flexibility index (Phi) is 9.57. The third kappa shape index (κ3) is 6.41. The fraction of sp³-hybridized carbons (Fsp3) is 0.300. The van der Waals surface area contributed by atoms with Gasteiger partial charge in [-0.25, -0.2) is 0 Å². The average molecular weight is 673 g/mol. The molecule has 4 nitrogen and oxygen atoms in total. The van der Waals surface area contributed by atoms with Crippen molar-refractivity contribution in [1.82, 2.24) is 18.7 Å². The zero-order valence-electron chi connectivity index (χ0n) is 27.5. The van der Waals surface area contributed by atoms with Crippen molar-refractivity contribution in [3.05, 3.63) is 96.3 Å². The van der Waals surface area contributed by atoms with Crippen LogP contribution in [0.3, 0.4) is 0 Å². The van der Waals surface area contributed by atoms with E-state index in [4.69, 9.17) is 18.7 Å². The van der Waals surface area contributed by atoms with Crippen LogP contribution >= 0.6 is 34.4 Å². The molecule has 0 atom stereocenters. The lowest BCUT2D eigenvalue weighted by molar-refractivity contribution is 0.490. The van der Waals surface area contributed by atoms with Gasteiger partial charge in [0.2, 0.25) is 0 Å². The van der Waals surface area contributed by atoms with Crippen LogP contribution in [0.4, 0.5) is 0 Å². The second kappa shape index (κ2) is 14.1. The highest BCUT2D eigenvalue weighted by Crippen LogP contribution is 2.46. The monoisotopic (exact) mass is 672 g/mol. The van der Waals surface area contributed by atoms with Crippen molar-refractivity contribution in [1.29, 1.82) is 0 Å². The molecule has 238 valence electrons. The molecule has 0 bridgehead atoms. The number of fused-ring (bicyclic) bond motifs is 2. The maximum atomic E-state index is 4.91. The van der Waals surface area contributed by atoms with Crippen LogP contribution in [0.5, 0.6) is 0 Å². The van der Waals surface area contributed by atoms with E-state index in [1.54, 1.807) is 35.1 Å². The maximum Gasteiger partial charge on any atom is 0.116 e. The van der Waals surface area contributed by atoms with Gasteiger partial charge in [0.05, 0.1) is 11.7 Å². The molecule has 0 saturated carbocycles. The molecule has 0 unspecified atom stereocenters. The number of aromatic nitrogens is 4. The molecule has 0 aliphatic heterocycles. The van der Waals surface area contributed by atoms with Crippen LogP contribution in [0, 0.1) is 11.8 Å². The Morgan fingerprint density at radius 2 is 0.851 bits per heavy atom. The first kappa shape index (κ1) is 31.8. The minimum absolute atomic E-state index is 0.747. The summed E-state index contributed by atoms with van der Waals surface area (Å²) in [6, 6.07) is 27.1. The molecule has 7 rings (SSSR count). The molecule has 0 aliphatic carbocycles. The van der Waals surface area contributed by atoms with Crippen LogP contribution in [-0.4, -0.2) is 18.7 Å². The van der Waals surface area contributed by atoms with Crippen molar-refractivity contribution >= 4 is 56.5 Å². The fourth-order valence-corrected chi connectivity index (χ4v) is 9.27. The van der Waals surface area contributed by atoms with Crippen molar-refractivity contribution < 1.29 is 0 Å². The first-order valence-corrected chi connectivity index (χ1v) is 19.2. The van der Waals surface area contributed by atoms with Gasteiger partial charge in [-0.2, -0.15) is 8.75 Å². The van der Waals surface area contributed by atoms with Crippen molar-refractivity contribution in [3.8, 4) is 41.8 Å². The topological polar surface area (TPSA) is 51.6 Å². The number of hydrogen-bond acceptors (Lipinski definition) is 7. The summed E-state index contributed by atoms with van der Waals surface area (Å²) in [7, 11) is 0. The first-order chi connectivity index (χ1) is 23.1. The number of hydrogen-bond donors (Lipinski definition) is 0. The van der Waals surface area contributed by atoms with E-state index in [1.807, 2.05) is 0 Å². The van der Waals surface area contributed by atoms with E-state index in [-0.39, 0.29) is 0 Å². The molecule has 0 fully saturated rings. The Morgan fingerprint density at radius 1 is 0.468 bits per heavy atom. The molecule has 0 aliphatic rings. The highest BCUT2D eigenvalue weighted by Gasteiger charge is 2.24. The molecule has 3 aromatic carbocycles. The number of thiophene rings is 2. The Bertz CT molecular complexity index is 1950. The van der Waals surface area contributed by atoms with Gasteiger partial charge < -0.3 is 0 Å². The molecule has 0 radical (unpaired) electrons. The van der Waals surface area contributed by atoms with E-state index < -0.39 is 0 Å². The molecule has 4 aromatic heterocycles. The fourth-order valence-electron chi connectivity index (χ4n) is 6.60. The molecule has 0 amide bonds. The zero-order valence-corrected chi connectivity index (χ0v) is 29.9. The van der Waals surface area contributed by atoms with Crippen LogP contribution in [0.2, 0.25) is 0 Å². The van der Waals surface area contributed by atoms with Gasteiger partial charge in [0.15, 0.2) is 0 Å². The molecule has 47 heavy (non-hydrogen) atoms. The Labute approximate surface area is 289 Å². The first-order valence-electron chi connectivity index (χ1n) is 16.9. The minimum Gasteiger partial charge on any atom is -0.252 e. The summed E-state index contributed by atoms with van der Waals surface area (Å²) in [5.41, 5.74) is 10.9. The average Bonchev–Trinajstić information content (AvgIpc) is 3.91. The highest BCUT2D eigenvalue weighted by molar-refractivity contribution is 7.19. The summed E-state index contributed by atoms with van der Waals surface area (Å²) in [4.78, 5) is 14.6. The van der Waals surface area contributed by atoms with Crippen LogP contribution in [0.25, 0.3) is 63.8 Å². The van der Waals surface area contributed by atoms with E-state index in [0.29, 0.717) is 0 Å². The van der Waals surface area contributed by atoms with Crippen LogP contribution in [0.1, 0.15) is 64.5 Å². The van der Waals surface area contributed by atoms with E-state index in [0.717, 1.165) is 67.6 Å². The molecular weight excluding hydrogens is 633 g/mol. The molecule has 0 N–H and O–H groups in total. The van der Waals surface area contributed by atoms with Gasteiger partial charge in [-0.15, -0.1) is 22.7 Å². The Balaban J connectivity index is 1.23. The van der Waals surface area contributed by atoms with Gasteiger partial charge in [0, 0.05) is 43.0 Å². The second-order valence-corrected chi connectivity index (χ2v) is 15.2. The van der Waals surface area contributed by atoms with Crippen molar-refractivity contribution in [3.63, 3.8) is 0 Å². The molecule has 0 spiro atoms. The lowest BCUT2D eigenvalue weighted by Gasteiger charge is -2.12. The van der Waals surface area contributed by atoms with Gasteiger partial charge in [-0.3, -0.25) is 9.97 Å². The predicted octanol–water partition coefficient (Wildman–Crippen LogP) is 12.4. The smallest absolute Gasteiger partial charge is 0.116 e. The summed E-state index contributed by atoms with van der Waals surface area (Å²) in [6.07, 6.45) is 10.8. The molecule has 0 saturated heterocycles. The van der Waals surface area contributed by atoms with Gasteiger partial charge >= 0.3 is 0 Å². The van der Waals surface area contributed by atoms with Crippen LogP contribution < -0.4 is 0 Å². The maximum absolute atomic E-state index is 4.91. The third-order valence-corrected chi connectivity index (χ3v) is 12.5. The summed E-state index contributed by atoms with van der Waals surface area (Å²) < 4.78 is 9.71. The third-order valence-electron chi connectivity index (χ3n) is 9.67. The van der Waals surface area contributed by atoms with Crippen molar-refractivity contribution in [2.24, 2.45) is 11.8 Å². The Hall–Kier alpha value is -3.78. The van der Waals surface area contributed by atoms with Gasteiger partial charge in [0.25, 0.3) is 0 Å². The van der Waals surface area contributed by atoms with Gasteiger partial charge in [-0.1, -0.05) is 102 Å². The summed E-state index contributed by atoms with van der Waals surface area (Å²) in [5.74, 6) is 1.49. The SMILES string of the molecule is CCC(CC)Cc1ccc(-c2ccc(-c3c4nccnc4c(-c4ccc(-c5ccc(CC(CC)CC)cc5)s4)c4nsnc34)s2)cc1. The lowest BCUT2D eigenvalue weighted by atomic mass is 9.94. The highest BCUT2D eigenvalue weighted by atomic mass is 32.1. The molecular formula is C40H40N4S3. The number of benzene rings is 3. The van der Waals surface area contributed by atoms with Gasteiger partial charge in [0.1, 0.15) is 22.1 Å². The molecule has 4 heterocycles. The van der Waals surface area contributed by atoms with Crippen LogP contribution in [0.15, 0.2) is 85.2 Å². The predicted molar refractivity (Wildman–Crippen MR) is 204 cm³/mol. The molecule has 7 aromatic rings. The lowest BCUT2D eigenvalue weighted by Crippen LogP contribution is -2.01. The van der Waals surface area contributed by atoms with E-state index in [1.165, 1.54) is 69.4 Å². The summed E-state index contributed by atoms with van der Waals surface area (Å²) >= 11 is 4.83. The zero-order chi connectivity index (χ0) is 32.3. The van der Waals surface area contributed by atoms with Crippen molar-refractivity contribution in [2.75, 3.05) is 0 Å². The van der Waals surface area contributed by atoms with Gasteiger partial charge in [-0.05, 0) is 71.2 Å². The second-order valence-electron chi connectivity index (χ2n) is 12.5. The standard InChI is InChI=1S/C40H40N4S3/c1-5-25(6-2)23-27-9-13-29(14-10-27)31-17-19-33(45-31)35-37-38(42-22-21-41-37)36(40-39(35)43-47-44-40)34-20-18-32(46-34)30-15-11-28(12-16-30)24-26(7-3)8-4/h9-22,25-26H,5-8,23-24H2,1-4H3. The summed E-state index contributed by atoms with van der Waals surface area (Å²) in [6.45, 7) is 9.16. The number of rotatable bonds is 12. The molecule has 7 heteroatoms. The quantitative estimate of drug-likeness (QED) is 0.130. The van der Waals surface area contributed by atoms with Crippen molar-refractivity contribution in [2.45, 2.75) is 66.2 Å². The summed E-state index contributed by atoms with van der Waals surface area (Å²) in [5, 5.41) is 0.